The van der Waals surface area contributed by atoms with Crippen LogP contribution in [-0.4, -0.2) is 51.8 Å². The van der Waals surface area contributed by atoms with E-state index in [1.807, 2.05) is 24.3 Å². The second-order valence-electron chi connectivity index (χ2n) is 7.12. The van der Waals surface area contributed by atoms with E-state index in [9.17, 15) is 0 Å². The highest BCUT2D eigenvalue weighted by Crippen LogP contribution is 2.29. The SMILES string of the molecule is COc1ccc(/C=N/N=C(N)N)cc1OCCCCCOc1cc(/C=N/N=C(N)N)ccc1OC. The Morgan fingerprint density at radius 1 is 0.657 bits per heavy atom. The van der Waals surface area contributed by atoms with E-state index in [0.717, 1.165) is 30.4 Å². The van der Waals surface area contributed by atoms with Crippen molar-refractivity contribution in [3.05, 3.63) is 47.5 Å². The van der Waals surface area contributed by atoms with E-state index in [1.165, 1.54) is 12.4 Å². The van der Waals surface area contributed by atoms with Crippen LogP contribution in [0.15, 0.2) is 56.8 Å². The molecule has 0 saturated heterocycles. The summed E-state index contributed by atoms with van der Waals surface area (Å²) < 4.78 is 22.5. The predicted octanol–water partition coefficient (Wildman–Crippen LogP) is 1.55. The zero-order valence-electron chi connectivity index (χ0n) is 19.9. The predicted molar refractivity (Wildman–Crippen MR) is 138 cm³/mol. The van der Waals surface area contributed by atoms with Gasteiger partial charge in [-0.1, -0.05) is 0 Å². The molecule has 0 fully saturated rings. The molecule has 35 heavy (non-hydrogen) atoms. The summed E-state index contributed by atoms with van der Waals surface area (Å²) in [4.78, 5) is 0. The molecule has 0 aliphatic carbocycles. The minimum Gasteiger partial charge on any atom is -0.493 e. The van der Waals surface area contributed by atoms with Crippen LogP contribution in [0.1, 0.15) is 30.4 Å². The van der Waals surface area contributed by atoms with Gasteiger partial charge >= 0.3 is 0 Å². The van der Waals surface area contributed by atoms with Crippen molar-refractivity contribution in [3.63, 3.8) is 0 Å². The van der Waals surface area contributed by atoms with Crippen LogP contribution in [0.25, 0.3) is 0 Å². The lowest BCUT2D eigenvalue weighted by Gasteiger charge is -2.12. The molecule has 2 rings (SSSR count). The van der Waals surface area contributed by atoms with E-state index >= 15 is 0 Å². The van der Waals surface area contributed by atoms with Gasteiger partial charge < -0.3 is 41.9 Å². The molecule has 0 aliphatic heterocycles. The number of hydrogen-bond acceptors (Lipinski definition) is 8. The van der Waals surface area contributed by atoms with Gasteiger partial charge in [-0.3, -0.25) is 0 Å². The molecule has 2 aromatic rings. The maximum Gasteiger partial charge on any atom is 0.211 e. The monoisotopic (exact) mass is 484 g/mol. The zero-order chi connectivity index (χ0) is 25.5. The van der Waals surface area contributed by atoms with Gasteiger partial charge in [-0.15, -0.1) is 10.2 Å². The first-order valence-corrected chi connectivity index (χ1v) is 10.8. The molecule has 0 aliphatic rings. The Morgan fingerprint density at radius 3 is 1.46 bits per heavy atom. The van der Waals surface area contributed by atoms with Crippen LogP contribution in [0.4, 0.5) is 0 Å². The van der Waals surface area contributed by atoms with Gasteiger partial charge in [0.25, 0.3) is 0 Å². The Kier molecular flexibility index (Phi) is 11.2. The number of nitrogens with two attached hydrogens (primary N) is 4. The summed E-state index contributed by atoms with van der Waals surface area (Å²) in [7, 11) is 3.17. The van der Waals surface area contributed by atoms with Gasteiger partial charge in [0.05, 0.1) is 39.9 Å². The number of ether oxygens (including phenoxy) is 4. The Hall–Kier alpha value is -4.48. The maximum absolute atomic E-state index is 5.89. The van der Waals surface area contributed by atoms with Gasteiger partial charge in [0.2, 0.25) is 11.9 Å². The molecule has 188 valence electrons. The third-order valence-electron chi connectivity index (χ3n) is 4.44. The van der Waals surface area contributed by atoms with Crippen molar-refractivity contribution in [1.82, 2.24) is 0 Å². The molecule has 0 amide bonds. The molecule has 0 radical (unpaired) electrons. The molecule has 12 heteroatoms. The van der Waals surface area contributed by atoms with Crippen LogP contribution in [0, 0.1) is 0 Å². The molecule has 0 heterocycles. The van der Waals surface area contributed by atoms with Crippen molar-refractivity contribution < 1.29 is 18.9 Å². The van der Waals surface area contributed by atoms with Gasteiger partial charge in [-0.2, -0.15) is 10.2 Å². The summed E-state index contributed by atoms with van der Waals surface area (Å²) >= 11 is 0. The third-order valence-corrected chi connectivity index (χ3v) is 4.44. The number of methoxy groups -OCH3 is 2. The van der Waals surface area contributed by atoms with Gasteiger partial charge in [0.15, 0.2) is 23.0 Å². The maximum atomic E-state index is 5.89. The third kappa shape index (κ3) is 9.90. The van der Waals surface area contributed by atoms with Crippen molar-refractivity contribution in [3.8, 4) is 23.0 Å². The number of rotatable bonds is 14. The largest absolute Gasteiger partial charge is 0.493 e. The molecule has 12 nitrogen and oxygen atoms in total. The average molecular weight is 485 g/mol. The van der Waals surface area contributed by atoms with Gasteiger partial charge in [-0.25, -0.2) is 0 Å². The van der Waals surface area contributed by atoms with Crippen LogP contribution in [0.3, 0.4) is 0 Å². The van der Waals surface area contributed by atoms with Crippen LogP contribution in [0.2, 0.25) is 0 Å². The lowest BCUT2D eigenvalue weighted by molar-refractivity contribution is 0.264. The Bertz CT molecular complexity index is 978. The summed E-state index contributed by atoms with van der Waals surface area (Å²) in [5.74, 6) is 2.25. The Balaban J connectivity index is 1.81. The van der Waals surface area contributed by atoms with Gasteiger partial charge in [0.1, 0.15) is 0 Å². The second-order valence-corrected chi connectivity index (χ2v) is 7.12. The van der Waals surface area contributed by atoms with E-state index in [2.05, 4.69) is 20.4 Å². The first-order valence-electron chi connectivity index (χ1n) is 10.8. The molecule has 0 saturated carbocycles. The summed E-state index contributed by atoms with van der Waals surface area (Å²) in [5.41, 5.74) is 22.6. The quantitative estimate of drug-likeness (QED) is 0.134. The molecular formula is C23H32N8O4. The lowest BCUT2D eigenvalue weighted by atomic mass is 10.2. The summed E-state index contributed by atoms with van der Waals surface area (Å²) in [6.45, 7) is 1.04. The average Bonchev–Trinajstić information content (AvgIpc) is 2.83. The zero-order valence-corrected chi connectivity index (χ0v) is 19.9. The Morgan fingerprint density at radius 2 is 1.09 bits per heavy atom. The molecule has 0 atom stereocenters. The number of hydrogen-bond donors (Lipinski definition) is 4. The fraction of sp³-hybridized carbons (Fsp3) is 0.304. The van der Waals surface area contributed by atoms with E-state index in [-0.39, 0.29) is 11.9 Å². The van der Waals surface area contributed by atoms with Crippen molar-refractivity contribution >= 4 is 24.3 Å². The summed E-state index contributed by atoms with van der Waals surface area (Å²) in [6, 6.07) is 10.9. The van der Waals surface area contributed by atoms with Crippen molar-refractivity contribution in [1.29, 1.82) is 0 Å². The first kappa shape index (κ1) is 26.8. The van der Waals surface area contributed by atoms with Gasteiger partial charge in [0, 0.05) is 0 Å². The van der Waals surface area contributed by atoms with Crippen molar-refractivity contribution in [2.75, 3.05) is 27.4 Å². The van der Waals surface area contributed by atoms with Crippen LogP contribution in [0.5, 0.6) is 23.0 Å². The van der Waals surface area contributed by atoms with Crippen LogP contribution in [-0.2, 0) is 0 Å². The molecule has 0 unspecified atom stereocenters. The molecule has 0 spiro atoms. The van der Waals surface area contributed by atoms with Crippen molar-refractivity contribution in [2.24, 2.45) is 43.3 Å². The molecule has 0 bridgehead atoms. The van der Waals surface area contributed by atoms with E-state index < -0.39 is 0 Å². The Labute approximate surface area is 204 Å². The van der Waals surface area contributed by atoms with Gasteiger partial charge in [-0.05, 0) is 66.8 Å². The van der Waals surface area contributed by atoms with Crippen LogP contribution < -0.4 is 41.9 Å². The number of unbranched alkanes of at least 4 members (excludes halogenated alkanes) is 2. The topological polar surface area (TPSA) is 190 Å². The van der Waals surface area contributed by atoms with E-state index in [1.54, 1.807) is 26.4 Å². The molecule has 2 aromatic carbocycles. The number of benzene rings is 2. The van der Waals surface area contributed by atoms with Crippen LogP contribution >= 0.6 is 0 Å². The number of guanidine groups is 2. The minimum absolute atomic E-state index is 0.113. The van der Waals surface area contributed by atoms with E-state index in [0.29, 0.717) is 36.2 Å². The normalized spacial score (nSPS) is 10.8. The molecular weight excluding hydrogens is 452 g/mol. The van der Waals surface area contributed by atoms with Crippen molar-refractivity contribution in [2.45, 2.75) is 19.3 Å². The number of nitrogens with zero attached hydrogens (tertiary/aromatic N) is 4. The summed E-state index contributed by atoms with van der Waals surface area (Å²) in [5, 5.41) is 14.8. The summed E-state index contributed by atoms with van der Waals surface area (Å²) in [6.07, 6.45) is 5.63. The highest BCUT2D eigenvalue weighted by molar-refractivity contribution is 5.83. The highest BCUT2D eigenvalue weighted by Gasteiger charge is 2.07. The second kappa shape index (κ2) is 14.6. The molecule has 0 aromatic heterocycles. The fourth-order valence-electron chi connectivity index (χ4n) is 2.84. The first-order chi connectivity index (χ1) is 16.9. The smallest absolute Gasteiger partial charge is 0.211 e. The standard InChI is InChI=1S/C23H32N8O4/c1-32-18-8-6-16(14-28-30-22(24)25)12-20(18)34-10-4-3-5-11-35-21-13-17(7-9-19(21)33-2)15-29-31-23(26)27/h6-9,12-15H,3-5,10-11H2,1-2H3,(H4,24,25,30)(H4,26,27,31)/b28-14+,29-15+. The molecule has 8 N–H and O–H groups in total. The fourth-order valence-corrected chi connectivity index (χ4v) is 2.84. The minimum atomic E-state index is -0.113. The highest BCUT2D eigenvalue weighted by atomic mass is 16.5. The lowest BCUT2D eigenvalue weighted by Crippen LogP contribution is -2.21. The van der Waals surface area contributed by atoms with E-state index in [4.69, 9.17) is 41.9 Å².